The van der Waals surface area contributed by atoms with Crippen LogP contribution in [-0.4, -0.2) is 4.98 Å². The normalized spacial score (nSPS) is 18.7. The van der Waals surface area contributed by atoms with Gasteiger partial charge in [-0.2, -0.15) is 0 Å². The zero-order chi connectivity index (χ0) is 30.5. The van der Waals surface area contributed by atoms with Crippen LogP contribution in [0.15, 0.2) is 170 Å². The summed E-state index contributed by atoms with van der Waals surface area (Å²) in [6.07, 6.45) is 17.1. The number of aromatic nitrogens is 1. The molecule has 0 spiro atoms. The van der Waals surface area contributed by atoms with Crippen LogP contribution >= 0.6 is 0 Å². The molecule has 0 saturated heterocycles. The first-order valence-electron chi connectivity index (χ1n) is 16.3. The number of hydrogen-bond donors (Lipinski definition) is 0. The molecular weight excluding hydrogens is 555 g/mol. The van der Waals surface area contributed by atoms with Crippen molar-refractivity contribution in [2.75, 3.05) is 0 Å². The molecule has 7 aromatic rings. The van der Waals surface area contributed by atoms with E-state index in [1.165, 1.54) is 60.1 Å². The highest BCUT2D eigenvalue weighted by atomic mass is 14.7. The van der Waals surface area contributed by atoms with Crippen molar-refractivity contribution in [3.8, 4) is 33.5 Å². The standard InChI is InChI=1S/C45H33N/c1-2-13-31(14-3-1)43-29-33(26-27-46-43)35-24-25-42(37-17-7-6-16-36(35)37)45-40-20-10-8-18-38(40)44(39-19-9-11-21-41(39)45)34-23-22-30-12-4-5-15-32(30)28-34/h1-27,29-30,32,34H,28H2. The van der Waals surface area contributed by atoms with Gasteiger partial charge < -0.3 is 0 Å². The van der Waals surface area contributed by atoms with Crippen molar-refractivity contribution in [2.45, 2.75) is 12.3 Å². The molecular formula is C45H33N. The molecule has 9 rings (SSSR count). The van der Waals surface area contributed by atoms with Gasteiger partial charge in [-0.15, -0.1) is 0 Å². The lowest BCUT2D eigenvalue weighted by atomic mass is 9.72. The molecule has 0 bridgehead atoms. The fraction of sp³-hybridized carbons (Fsp3) is 0.0889. The van der Waals surface area contributed by atoms with Gasteiger partial charge in [0.25, 0.3) is 0 Å². The van der Waals surface area contributed by atoms with Crippen LogP contribution in [0, 0.1) is 11.8 Å². The topological polar surface area (TPSA) is 12.9 Å². The second-order valence-electron chi connectivity index (χ2n) is 12.6. The Morgan fingerprint density at radius 1 is 0.478 bits per heavy atom. The third-order valence-corrected chi connectivity index (χ3v) is 10.1. The quantitative estimate of drug-likeness (QED) is 0.147. The predicted molar refractivity (Wildman–Crippen MR) is 195 cm³/mol. The zero-order valence-electron chi connectivity index (χ0n) is 25.6. The molecule has 0 radical (unpaired) electrons. The lowest BCUT2D eigenvalue weighted by Gasteiger charge is -2.31. The van der Waals surface area contributed by atoms with E-state index >= 15 is 0 Å². The first kappa shape index (κ1) is 26.8. The van der Waals surface area contributed by atoms with Crippen LogP contribution in [0.2, 0.25) is 0 Å². The van der Waals surface area contributed by atoms with Gasteiger partial charge in [-0.25, -0.2) is 0 Å². The number of allylic oxidation sites excluding steroid dienone is 6. The molecule has 0 fully saturated rings. The highest BCUT2D eigenvalue weighted by molar-refractivity contribution is 6.20. The molecule has 1 nitrogen and oxygen atoms in total. The Morgan fingerprint density at radius 2 is 1.09 bits per heavy atom. The van der Waals surface area contributed by atoms with Gasteiger partial charge in [0.15, 0.2) is 0 Å². The molecule has 218 valence electrons. The Kier molecular flexibility index (Phi) is 6.49. The van der Waals surface area contributed by atoms with Crippen molar-refractivity contribution >= 4 is 32.3 Å². The largest absolute Gasteiger partial charge is 0.256 e. The molecule has 1 heterocycles. The maximum absolute atomic E-state index is 4.71. The third kappa shape index (κ3) is 4.43. The van der Waals surface area contributed by atoms with Crippen LogP contribution < -0.4 is 0 Å². The van der Waals surface area contributed by atoms with Crippen LogP contribution in [-0.2, 0) is 0 Å². The summed E-state index contributed by atoms with van der Waals surface area (Å²) in [6, 6.07) is 46.5. The summed E-state index contributed by atoms with van der Waals surface area (Å²) in [4.78, 5) is 4.71. The van der Waals surface area contributed by atoms with Crippen molar-refractivity contribution in [1.29, 1.82) is 0 Å². The van der Waals surface area contributed by atoms with E-state index in [9.17, 15) is 0 Å². The summed E-state index contributed by atoms with van der Waals surface area (Å²) in [5.41, 5.74) is 8.56. The summed E-state index contributed by atoms with van der Waals surface area (Å²) < 4.78 is 0. The second-order valence-corrected chi connectivity index (χ2v) is 12.6. The molecule has 2 aliphatic rings. The number of benzene rings is 6. The van der Waals surface area contributed by atoms with Crippen molar-refractivity contribution in [1.82, 2.24) is 4.98 Å². The lowest BCUT2D eigenvalue weighted by Crippen LogP contribution is -2.18. The van der Waals surface area contributed by atoms with Crippen LogP contribution in [0.5, 0.6) is 0 Å². The van der Waals surface area contributed by atoms with E-state index in [0.717, 1.165) is 17.7 Å². The molecule has 46 heavy (non-hydrogen) atoms. The fourth-order valence-corrected chi connectivity index (χ4v) is 7.95. The van der Waals surface area contributed by atoms with Crippen molar-refractivity contribution in [3.63, 3.8) is 0 Å². The van der Waals surface area contributed by atoms with Gasteiger partial charge in [0.1, 0.15) is 0 Å². The minimum Gasteiger partial charge on any atom is -0.256 e. The Bertz CT molecular complexity index is 2300. The average Bonchev–Trinajstić information content (AvgIpc) is 3.14. The molecule has 2 aliphatic carbocycles. The van der Waals surface area contributed by atoms with Gasteiger partial charge in [0.05, 0.1) is 5.69 Å². The summed E-state index contributed by atoms with van der Waals surface area (Å²) in [6.45, 7) is 0. The first-order chi connectivity index (χ1) is 22.8. The van der Waals surface area contributed by atoms with Crippen molar-refractivity contribution < 1.29 is 0 Å². The Morgan fingerprint density at radius 3 is 1.83 bits per heavy atom. The number of hydrogen-bond acceptors (Lipinski definition) is 1. The van der Waals surface area contributed by atoms with E-state index in [0.29, 0.717) is 17.8 Å². The number of nitrogens with zero attached hydrogens (tertiary/aromatic N) is 1. The molecule has 0 amide bonds. The van der Waals surface area contributed by atoms with Gasteiger partial charge in [-0.3, -0.25) is 4.98 Å². The first-order valence-corrected chi connectivity index (χ1v) is 16.3. The smallest absolute Gasteiger partial charge is 0.0708 e. The maximum atomic E-state index is 4.71. The average molecular weight is 588 g/mol. The van der Waals surface area contributed by atoms with Crippen molar-refractivity contribution in [2.24, 2.45) is 11.8 Å². The van der Waals surface area contributed by atoms with E-state index < -0.39 is 0 Å². The minimum atomic E-state index is 0.367. The van der Waals surface area contributed by atoms with Gasteiger partial charge in [0.2, 0.25) is 0 Å². The van der Waals surface area contributed by atoms with Gasteiger partial charge >= 0.3 is 0 Å². The maximum Gasteiger partial charge on any atom is 0.0708 e. The molecule has 3 unspecified atom stereocenters. The summed E-state index contributed by atoms with van der Waals surface area (Å²) in [7, 11) is 0. The van der Waals surface area contributed by atoms with Crippen LogP contribution in [0.4, 0.5) is 0 Å². The highest BCUT2D eigenvalue weighted by Gasteiger charge is 2.28. The molecule has 0 aliphatic heterocycles. The summed E-state index contributed by atoms with van der Waals surface area (Å²) >= 11 is 0. The Balaban J connectivity index is 1.26. The summed E-state index contributed by atoms with van der Waals surface area (Å²) in [5, 5.41) is 7.86. The van der Waals surface area contributed by atoms with E-state index in [1.54, 1.807) is 0 Å². The third-order valence-electron chi connectivity index (χ3n) is 10.1. The Labute approximate surface area is 269 Å². The SMILES string of the molecule is C1=CC2C=CC(c3c4ccccc4c(-c4ccc(-c5ccnc(-c6ccccc6)c5)c5ccccc45)c4ccccc34)CC2C=C1. The second kappa shape index (κ2) is 11.1. The number of pyridine rings is 1. The van der Waals surface area contributed by atoms with Crippen molar-refractivity contribution in [3.05, 3.63) is 176 Å². The van der Waals surface area contributed by atoms with E-state index in [-0.39, 0.29) is 0 Å². The van der Waals surface area contributed by atoms with Gasteiger partial charge in [-0.05, 0) is 84.6 Å². The zero-order valence-corrected chi connectivity index (χ0v) is 25.6. The number of fused-ring (bicyclic) bond motifs is 4. The van der Waals surface area contributed by atoms with Gasteiger partial charge in [0, 0.05) is 23.6 Å². The van der Waals surface area contributed by atoms with Crippen LogP contribution in [0.1, 0.15) is 17.9 Å². The molecule has 3 atom stereocenters. The van der Waals surface area contributed by atoms with Crippen LogP contribution in [0.25, 0.3) is 65.8 Å². The summed E-state index contributed by atoms with van der Waals surface area (Å²) in [5.74, 6) is 1.42. The molecule has 1 heteroatoms. The minimum absolute atomic E-state index is 0.367. The van der Waals surface area contributed by atoms with E-state index in [4.69, 9.17) is 4.98 Å². The molecule has 0 N–H and O–H groups in total. The lowest BCUT2D eigenvalue weighted by molar-refractivity contribution is 0.462. The highest BCUT2D eigenvalue weighted by Crippen LogP contribution is 2.48. The Hall–Kier alpha value is -5.53. The fourth-order valence-electron chi connectivity index (χ4n) is 7.95. The van der Waals surface area contributed by atoms with Gasteiger partial charge in [-0.1, -0.05) is 152 Å². The molecule has 0 saturated carbocycles. The van der Waals surface area contributed by atoms with Crippen LogP contribution in [0.3, 0.4) is 0 Å². The monoisotopic (exact) mass is 587 g/mol. The number of rotatable bonds is 4. The van der Waals surface area contributed by atoms with E-state index in [1.807, 2.05) is 12.3 Å². The molecule has 6 aromatic carbocycles. The van der Waals surface area contributed by atoms with E-state index in [2.05, 4.69) is 158 Å². The predicted octanol–water partition coefficient (Wildman–Crippen LogP) is 11.9. The molecule has 1 aromatic heterocycles.